The fourth-order valence-corrected chi connectivity index (χ4v) is 2.51. The number of aliphatic imine (C=N–C) groups is 1. The summed E-state index contributed by atoms with van der Waals surface area (Å²) in [7, 11) is 5.75. The van der Waals surface area contributed by atoms with Crippen molar-refractivity contribution < 1.29 is 0 Å². The minimum Gasteiger partial charge on any atom is -0.349 e. The van der Waals surface area contributed by atoms with E-state index in [2.05, 4.69) is 47.4 Å². The number of hydrogen-bond donors (Lipinski definition) is 1. The van der Waals surface area contributed by atoms with Crippen molar-refractivity contribution >= 4 is 21.9 Å². The van der Waals surface area contributed by atoms with Gasteiger partial charge in [0.15, 0.2) is 11.8 Å². The predicted octanol–water partition coefficient (Wildman–Crippen LogP) is 2.09. The Bertz CT molecular complexity index is 664. The summed E-state index contributed by atoms with van der Waals surface area (Å²) in [5.74, 6) is 2.60. The number of halogens is 1. The Hall–Kier alpha value is -1.89. The highest BCUT2D eigenvalue weighted by Crippen LogP contribution is 2.17. The molecule has 0 unspecified atom stereocenters. The highest BCUT2D eigenvalue weighted by molar-refractivity contribution is 9.10. The average molecular weight is 365 g/mol. The summed E-state index contributed by atoms with van der Waals surface area (Å²) in [6.45, 7) is 3.29. The maximum atomic E-state index is 4.32. The number of nitrogens with zero attached hydrogens (tertiary/aromatic N) is 5. The van der Waals surface area contributed by atoms with E-state index < -0.39 is 0 Å². The Morgan fingerprint density at radius 2 is 2.09 bits per heavy atom. The molecule has 118 valence electrons. The lowest BCUT2D eigenvalue weighted by Gasteiger charge is -2.22. The highest BCUT2D eigenvalue weighted by Gasteiger charge is 2.10. The van der Waals surface area contributed by atoms with Crippen LogP contribution in [0.1, 0.15) is 17.2 Å². The first-order valence-corrected chi connectivity index (χ1v) is 7.82. The third-order valence-electron chi connectivity index (χ3n) is 3.53. The number of guanidine groups is 1. The molecule has 0 saturated carbocycles. The van der Waals surface area contributed by atoms with Crippen molar-refractivity contribution in [2.75, 3.05) is 14.1 Å². The predicted molar refractivity (Wildman–Crippen MR) is 91.5 cm³/mol. The molecule has 1 N–H and O–H groups in total. The van der Waals surface area contributed by atoms with Crippen molar-refractivity contribution in [3.05, 3.63) is 46.0 Å². The summed E-state index contributed by atoms with van der Waals surface area (Å²) in [4.78, 5) is 6.40. The first kappa shape index (κ1) is 16.5. The van der Waals surface area contributed by atoms with Gasteiger partial charge in [0.25, 0.3) is 0 Å². The zero-order chi connectivity index (χ0) is 16.1. The molecule has 6 nitrogen and oxygen atoms in total. The Balaban J connectivity index is 1.99. The number of nitrogens with one attached hydrogen (secondary N) is 1. The zero-order valence-corrected chi connectivity index (χ0v) is 14.9. The largest absolute Gasteiger partial charge is 0.349 e. The lowest BCUT2D eigenvalue weighted by molar-refractivity contribution is 0.473. The van der Waals surface area contributed by atoms with Gasteiger partial charge in [0.05, 0.1) is 6.54 Å². The molecule has 1 aromatic heterocycles. The number of aromatic nitrogens is 3. The van der Waals surface area contributed by atoms with Crippen molar-refractivity contribution in [2.45, 2.75) is 20.0 Å². The molecule has 0 fully saturated rings. The second-order valence-electron chi connectivity index (χ2n) is 5.07. The molecule has 22 heavy (non-hydrogen) atoms. The second kappa shape index (κ2) is 7.40. The Morgan fingerprint density at radius 1 is 1.36 bits per heavy atom. The Kier molecular flexibility index (Phi) is 5.54. The van der Waals surface area contributed by atoms with Crippen molar-refractivity contribution in [3.63, 3.8) is 0 Å². The van der Waals surface area contributed by atoms with Crippen molar-refractivity contribution in [1.29, 1.82) is 0 Å². The van der Waals surface area contributed by atoms with Gasteiger partial charge in [-0.3, -0.25) is 4.99 Å². The number of rotatable bonds is 4. The topological polar surface area (TPSA) is 58.3 Å². The number of hydrogen-bond acceptors (Lipinski definition) is 3. The molecule has 1 heterocycles. The van der Waals surface area contributed by atoms with E-state index in [4.69, 9.17) is 0 Å². The van der Waals surface area contributed by atoms with E-state index in [1.54, 1.807) is 7.05 Å². The van der Waals surface area contributed by atoms with Gasteiger partial charge < -0.3 is 14.8 Å². The van der Waals surface area contributed by atoms with E-state index >= 15 is 0 Å². The molecular formula is C15H21BrN6. The molecule has 0 aliphatic rings. The summed E-state index contributed by atoms with van der Waals surface area (Å²) < 4.78 is 3.06. The maximum absolute atomic E-state index is 4.32. The van der Waals surface area contributed by atoms with Crippen molar-refractivity contribution in [2.24, 2.45) is 12.0 Å². The SMILES string of the molecule is CN=C(NCc1nnc(C)n1C)N(C)Cc1ccccc1Br. The van der Waals surface area contributed by atoms with Gasteiger partial charge in [-0.1, -0.05) is 34.1 Å². The molecule has 0 bridgehead atoms. The van der Waals surface area contributed by atoms with Gasteiger partial charge in [0.2, 0.25) is 0 Å². The Morgan fingerprint density at radius 3 is 2.68 bits per heavy atom. The smallest absolute Gasteiger partial charge is 0.194 e. The van der Waals surface area contributed by atoms with Gasteiger partial charge >= 0.3 is 0 Å². The third kappa shape index (κ3) is 3.85. The molecule has 7 heteroatoms. The van der Waals surface area contributed by atoms with Gasteiger partial charge in [-0.05, 0) is 18.6 Å². The van der Waals surface area contributed by atoms with Gasteiger partial charge in [-0.15, -0.1) is 10.2 Å². The number of benzene rings is 1. The van der Waals surface area contributed by atoms with Crippen LogP contribution >= 0.6 is 15.9 Å². The van der Waals surface area contributed by atoms with Crippen LogP contribution in [-0.2, 0) is 20.1 Å². The van der Waals surface area contributed by atoms with Crippen molar-refractivity contribution in [1.82, 2.24) is 25.0 Å². The standard InChI is InChI=1S/C15H21BrN6/c1-11-19-20-14(22(11)4)9-18-15(17-2)21(3)10-12-7-5-6-8-13(12)16/h5-8H,9-10H2,1-4H3,(H,17,18). The van der Waals surface area contributed by atoms with E-state index in [0.717, 1.165) is 28.6 Å². The monoisotopic (exact) mass is 364 g/mol. The quantitative estimate of drug-likeness (QED) is 0.666. The maximum Gasteiger partial charge on any atom is 0.194 e. The second-order valence-corrected chi connectivity index (χ2v) is 5.93. The average Bonchev–Trinajstić information content (AvgIpc) is 2.82. The summed E-state index contributed by atoms with van der Waals surface area (Å²) >= 11 is 3.58. The molecule has 0 amide bonds. The van der Waals surface area contributed by atoms with E-state index in [1.165, 1.54) is 5.56 Å². The van der Waals surface area contributed by atoms with Crippen molar-refractivity contribution in [3.8, 4) is 0 Å². The van der Waals surface area contributed by atoms with Gasteiger partial charge in [0, 0.05) is 32.2 Å². The lowest BCUT2D eigenvalue weighted by atomic mass is 10.2. The molecule has 2 aromatic rings. The van der Waals surface area contributed by atoms with Gasteiger partial charge in [-0.25, -0.2) is 0 Å². The number of aryl methyl sites for hydroxylation is 1. The van der Waals surface area contributed by atoms with Crippen LogP contribution in [0, 0.1) is 6.92 Å². The van der Waals surface area contributed by atoms with Crippen LogP contribution in [0.15, 0.2) is 33.7 Å². The van der Waals surface area contributed by atoms with Crippen LogP contribution in [0.2, 0.25) is 0 Å². The molecule has 0 atom stereocenters. The minimum atomic E-state index is 0.588. The Labute approximate surface area is 139 Å². The summed E-state index contributed by atoms with van der Waals surface area (Å²) in [6, 6.07) is 8.19. The molecule has 0 saturated heterocycles. The highest BCUT2D eigenvalue weighted by atomic mass is 79.9. The first-order valence-electron chi connectivity index (χ1n) is 7.03. The molecule has 1 aromatic carbocycles. The molecular weight excluding hydrogens is 344 g/mol. The van der Waals surface area contributed by atoms with Gasteiger partial charge in [0.1, 0.15) is 5.82 Å². The lowest BCUT2D eigenvalue weighted by Crippen LogP contribution is -2.38. The zero-order valence-electron chi connectivity index (χ0n) is 13.3. The summed E-state index contributed by atoms with van der Waals surface area (Å²) in [6.07, 6.45) is 0. The summed E-state index contributed by atoms with van der Waals surface area (Å²) in [5.41, 5.74) is 1.21. The van der Waals surface area contributed by atoms with Gasteiger partial charge in [-0.2, -0.15) is 0 Å². The molecule has 0 radical (unpaired) electrons. The molecule has 0 aliphatic carbocycles. The van der Waals surface area contributed by atoms with Crippen LogP contribution in [0.3, 0.4) is 0 Å². The third-order valence-corrected chi connectivity index (χ3v) is 4.30. The first-order chi connectivity index (χ1) is 10.5. The molecule has 0 spiro atoms. The van der Waals surface area contributed by atoms with Crippen LogP contribution in [0.4, 0.5) is 0 Å². The fourth-order valence-electron chi connectivity index (χ4n) is 2.10. The minimum absolute atomic E-state index is 0.588. The van der Waals surface area contributed by atoms with Crippen LogP contribution in [0.25, 0.3) is 0 Å². The van der Waals surface area contributed by atoms with Crippen LogP contribution < -0.4 is 5.32 Å². The van der Waals surface area contributed by atoms with Crippen LogP contribution in [-0.4, -0.2) is 39.7 Å². The van der Waals surface area contributed by atoms with E-state index in [-0.39, 0.29) is 0 Å². The van der Waals surface area contributed by atoms with E-state index in [9.17, 15) is 0 Å². The van der Waals surface area contributed by atoms with E-state index in [0.29, 0.717) is 6.54 Å². The molecule has 0 aliphatic heterocycles. The normalized spacial score (nSPS) is 11.6. The molecule has 2 rings (SSSR count). The summed E-state index contributed by atoms with van der Waals surface area (Å²) in [5, 5.41) is 11.5. The fraction of sp³-hybridized carbons (Fsp3) is 0.400. The van der Waals surface area contributed by atoms with Crippen LogP contribution in [0.5, 0.6) is 0 Å². The van der Waals surface area contributed by atoms with E-state index in [1.807, 2.05) is 43.8 Å².